The van der Waals surface area contributed by atoms with E-state index in [1.807, 2.05) is 11.9 Å². The smallest absolute Gasteiger partial charge is 0.153 e. The number of likely N-dealkylation sites (N-methyl/N-ethyl adjacent to an activating group) is 1. The van der Waals surface area contributed by atoms with E-state index in [4.69, 9.17) is 0 Å². The minimum Gasteiger partial charge on any atom is -0.355 e. The van der Waals surface area contributed by atoms with Gasteiger partial charge in [0.15, 0.2) is 6.29 Å². The molecule has 0 saturated carbocycles. The molecule has 0 radical (unpaired) electrons. The number of carbonyl (C=O) groups excluding carboxylic acids is 1. The number of rotatable bonds is 1. The summed E-state index contributed by atoms with van der Waals surface area (Å²) in [6.45, 7) is 0. The summed E-state index contributed by atoms with van der Waals surface area (Å²) in [7, 11) is 1.95. The summed E-state index contributed by atoms with van der Waals surface area (Å²) >= 11 is 3.89. The second-order valence-corrected chi connectivity index (χ2v) is 5.27. The van der Waals surface area contributed by atoms with Gasteiger partial charge in [0.2, 0.25) is 0 Å². The molecule has 1 heterocycles. The molecule has 68 valence electrons. The van der Waals surface area contributed by atoms with E-state index >= 15 is 0 Å². The van der Waals surface area contributed by atoms with E-state index in [0.29, 0.717) is 0 Å². The monoisotopic (exact) mass is 305 g/mol. The zero-order chi connectivity index (χ0) is 9.42. The van der Waals surface area contributed by atoms with Gasteiger partial charge in [-0.05, 0) is 40.8 Å². The van der Waals surface area contributed by atoms with Gasteiger partial charge in [-0.15, -0.1) is 0 Å². The molecule has 13 heavy (non-hydrogen) atoms. The summed E-state index contributed by atoms with van der Waals surface area (Å²) in [5.74, 6) is 0. The molecule has 1 aromatic carbocycles. The van der Waals surface area contributed by atoms with Crippen molar-refractivity contribution >= 4 is 46.3 Å². The van der Waals surface area contributed by atoms with Gasteiger partial charge in [-0.25, -0.2) is 0 Å². The van der Waals surface area contributed by atoms with Crippen molar-refractivity contribution in [1.29, 1.82) is 0 Å². The number of hydrogen-bond acceptors (Lipinski definition) is 3. The molecule has 0 aromatic heterocycles. The summed E-state index contributed by atoms with van der Waals surface area (Å²) in [5, 5.41) is -0.0480. The Hall–Kier alpha value is -0.230. The van der Waals surface area contributed by atoms with Crippen molar-refractivity contribution in [2.45, 2.75) is 10.3 Å². The number of halogens is 1. The van der Waals surface area contributed by atoms with Crippen LogP contribution < -0.4 is 4.90 Å². The van der Waals surface area contributed by atoms with Crippen molar-refractivity contribution in [3.05, 3.63) is 21.8 Å². The van der Waals surface area contributed by atoms with Crippen molar-refractivity contribution < 1.29 is 4.79 Å². The molecule has 0 spiro atoms. The first-order valence-corrected chi connectivity index (χ1v) is 5.82. The van der Waals surface area contributed by atoms with Crippen LogP contribution in [0.3, 0.4) is 0 Å². The highest BCUT2D eigenvalue weighted by molar-refractivity contribution is 14.1. The van der Waals surface area contributed by atoms with E-state index in [0.717, 1.165) is 12.0 Å². The fourth-order valence-corrected chi connectivity index (χ4v) is 3.16. The minimum atomic E-state index is -0.0480. The van der Waals surface area contributed by atoms with E-state index in [1.54, 1.807) is 11.8 Å². The maximum atomic E-state index is 10.7. The summed E-state index contributed by atoms with van der Waals surface area (Å²) in [6.07, 6.45) is 0.984. The van der Waals surface area contributed by atoms with E-state index < -0.39 is 0 Å². The summed E-state index contributed by atoms with van der Waals surface area (Å²) < 4.78 is 1.21. The Bertz CT molecular complexity index is 355. The fourth-order valence-electron chi connectivity index (χ4n) is 1.34. The third kappa shape index (κ3) is 1.57. The number of fused-ring (bicyclic) bond motifs is 1. The second-order valence-electron chi connectivity index (χ2n) is 2.87. The molecular weight excluding hydrogens is 297 g/mol. The van der Waals surface area contributed by atoms with Crippen LogP contribution in [0, 0.1) is 3.57 Å². The zero-order valence-electron chi connectivity index (χ0n) is 7.03. The van der Waals surface area contributed by atoms with Gasteiger partial charge in [-0.2, -0.15) is 0 Å². The molecule has 1 unspecified atom stereocenters. The van der Waals surface area contributed by atoms with Crippen LogP contribution in [0.1, 0.15) is 0 Å². The predicted octanol–water partition coefficient (Wildman–Crippen LogP) is 2.36. The van der Waals surface area contributed by atoms with Crippen molar-refractivity contribution in [3.63, 3.8) is 0 Å². The average Bonchev–Trinajstić information content (AvgIpc) is 2.42. The summed E-state index contributed by atoms with van der Waals surface area (Å²) in [6, 6.07) is 6.23. The third-order valence-corrected chi connectivity index (χ3v) is 3.97. The number of carbonyl (C=O) groups is 1. The number of aldehydes is 1. The van der Waals surface area contributed by atoms with Crippen LogP contribution in [-0.4, -0.2) is 18.7 Å². The molecule has 1 aliphatic rings. The lowest BCUT2D eigenvalue weighted by molar-refractivity contribution is -0.107. The van der Waals surface area contributed by atoms with Crippen molar-refractivity contribution in [1.82, 2.24) is 0 Å². The molecular formula is C9H8INOS. The molecule has 0 fully saturated rings. The Labute approximate surface area is 94.8 Å². The molecule has 2 nitrogen and oxygen atoms in total. The first-order chi connectivity index (χ1) is 6.22. The summed E-state index contributed by atoms with van der Waals surface area (Å²) in [4.78, 5) is 13.9. The van der Waals surface area contributed by atoms with Gasteiger partial charge in [0.1, 0.15) is 5.37 Å². The third-order valence-electron chi connectivity index (χ3n) is 2.05. The Morgan fingerprint density at radius 2 is 2.38 bits per heavy atom. The highest BCUT2D eigenvalue weighted by atomic mass is 127. The van der Waals surface area contributed by atoms with Crippen LogP contribution in [0.2, 0.25) is 0 Å². The molecule has 1 aromatic rings. The first-order valence-electron chi connectivity index (χ1n) is 3.86. The van der Waals surface area contributed by atoms with Gasteiger partial charge in [-0.1, -0.05) is 11.8 Å². The van der Waals surface area contributed by atoms with Crippen LogP contribution in [0.25, 0.3) is 0 Å². The van der Waals surface area contributed by atoms with Crippen LogP contribution in [0.5, 0.6) is 0 Å². The molecule has 0 bridgehead atoms. The lowest BCUT2D eigenvalue weighted by Gasteiger charge is -2.15. The normalized spacial score (nSPS) is 20.2. The van der Waals surface area contributed by atoms with E-state index in [-0.39, 0.29) is 5.37 Å². The van der Waals surface area contributed by atoms with Crippen LogP contribution in [0.4, 0.5) is 5.69 Å². The molecule has 4 heteroatoms. The van der Waals surface area contributed by atoms with Gasteiger partial charge in [0.05, 0.1) is 5.69 Å². The Morgan fingerprint density at radius 3 is 3.08 bits per heavy atom. The lowest BCUT2D eigenvalue weighted by atomic mass is 10.3. The molecule has 0 aliphatic carbocycles. The SMILES string of the molecule is CN1c2ccc(I)cc2SC1C=O. The number of benzene rings is 1. The van der Waals surface area contributed by atoms with Crippen LogP contribution >= 0.6 is 34.4 Å². The molecule has 0 amide bonds. The van der Waals surface area contributed by atoms with Gasteiger partial charge in [0, 0.05) is 15.5 Å². The molecule has 0 N–H and O–H groups in total. The zero-order valence-corrected chi connectivity index (χ0v) is 10.0. The topological polar surface area (TPSA) is 20.3 Å². The Balaban J connectivity index is 2.43. The van der Waals surface area contributed by atoms with E-state index in [9.17, 15) is 4.79 Å². The molecule has 0 saturated heterocycles. The number of nitrogens with zero attached hydrogens (tertiary/aromatic N) is 1. The molecule has 1 aliphatic heterocycles. The Kier molecular flexibility index (Phi) is 2.51. The maximum Gasteiger partial charge on any atom is 0.153 e. The van der Waals surface area contributed by atoms with Crippen LogP contribution in [0.15, 0.2) is 23.1 Å². The number of thioether (sulfide) groups is 1. The molecule has 1 atom stereocenters. The van der Waals surface area contributed by atoms with Crippen molar-refractivity contribution in [2.75, 3.05) is 11.9 Å². The minimum absolute atomic E-state index is 0.0480. The average molecular weight is 305 g/mol. The number of anilines is 1. The molecule has 2 rings (SSSR count). The van der Waals surface area contributed by atoms with E-state index in [1.165, 1.54) is 8.47 Å². The quantitative estimate of drug-likeness (QED) is 0.587. The van der Waals surface area contributed by atoms with E-state index in [2.05, 4.69) is 40.8 Å². The van der Waals surface area contributed by atoms with Gasteiger partial charge in [-0.3, -0.25) is 0 Å². The van der Waals surface area contributed by atoms with Gasteiger partial charge >= 0.3 is 0 Å². The maximum absolute atomic E-state index is 10.7. The predicted molar refractivity (Wildman–Crippen MR) is 63.3 cm³/mol. The largest absolute Gasteiger partial charge is 0.355 e. The fraction of sp³-hybridized carbons (Fsp3) is 0.222. The van der Waals surface area contributed by atoms with Crippen molar-refractivity contribution in [3.8, 4) is 0 Å². The lowest BCUT2D eigenvalue weighted by Crippen LogP contribution is -2.25. The first kappa shape index (κ1) is 9.33. The highest BCUT2D eigenvalue weighted by Gasteiger charge is 2.26. The summed E-state index contributed by atoms with van der Waals surface area (Å²) in [5.41, 5.74) is 1.16. The van der Waals surface area contributed by atoms with Gasteiger partial charge in [0.25, 0.3) is 0 Å². The van der Waals surface area contributed by atoms with Crippen LogP contribution in [-0.2, 0) is 4.79 Å². The van der Waals surface area contributed by atoms with Crippen molar-refractivity contribution in [2.24, 2.45) is 0 Å². The highest BCUT2D eigenvalue weighted by Crippen LogP contribution is 2.41. The number of hydrogen-bond donors (Lipinski definition) is 0. The second kappa shape index (κ2) is 3.49. The standard InChI is InChI=1S/C9H8INOS/c1-11-7-3-2-6(10)4-8(7)13-9(11)5-12/h2-5,9H,1H3. The van der Waals surface area contributed by atoms with Gasteiger partial charge < -0.3 is 9.69 Å². The Morgan fingerprint density at radius 1 is 1.62 bits per heavy atom.